The van der Waals surface area contributed by atoms with E-state index in [1.54, 1.807) is 0 Å². The lowest BCUT2D eigenvalue weighted by Crippen LogP contribution is -2.32. The summed E-state index contributed by atoms with van der Waals surface area (Å²) in [5.74, 6) is 0.563. The molecule has 0 bridgehead atoms. The lowest BCUT2D eigenvalue weighted by atomic mass is 10.5. The zero-order valence-corrected chi connectivity index (χ0v) is 4.44. The Balaban J connectivity index is 2.57. The summed E-state index contributed by atoms with van der Waals surface area (Å²) < 4.78 is 0. The molecule has 4 nitrogen and oxygen atoms in total. The predicted octanol–water partition coefficient (Wildman–Crippen LogP) is -1.08. The Morgan fingerprint density at radius 3 is 2.88 bits per heavy atom. The standard InChI is InChI=1S/C4H8N4/c5-3(6)4-7-1-2-8-4/h1-2H2,(H3,5,6)(H,7,8). The molecule has 1 heterocycles. The first kappa shape index (κ1) is 5.08. The van der Waals surface area contributed by atoms with Gasteiger partial charge in [-0.15, -0.1) is 0 Å². The van der Waals surface area contributed by atoms with Gasteiger partial charge in [0.2, 0.25) is 0 Å². The minimum Gasteiger partial charge on any atom is -0.381 e. The van der Waals surface area contributed by atoms with Gasteiger partial charge in [0, 0.05) is 6.54 Å². The summed E-state index contributed by atoms with van der Waals surface area (Å²) in [6.45, 7) is 1.56. The third kappa shape index (κ3) is 0.776. The minimum absolute atomic E-state index is 0.0301. The second-order valence-electron chi connectivity index (χ2n) is 1.57. The van der Waals surface area contributed by atoms with E-state index in [0.717, 1.165) is 13.1 Å². The number of hydrogen-bond acceptors (Lipinski definition) is 3. The molecule has 8 heavy (non-hydrogen) atoms. The molecule has 0 saturated heterocycles. The fourth-order valence-electron chi connectivity index (χ4n) is 0.578. The first-order valence-corrected chi connectivity index (χ1v) is 2.43. The monoisotopic (exact) mass is 112 g/mol. The average Bonchev–Trinajstić information content (AvgIpc) is 2.12. The van der Waals surface area contributed by atoms with Gasteiger partial charge in [0.15, 0.2) is 11.7 Å². The summed E-state index contributed by atoms with van der Waals surface area (Å²) in [5, 5.41) is 9.73. The van der Waals surface area contributed by atoms with E-state index in [0.29, 0.717) is 5.84 Å². The molecule has 4 heteroatoms. The van der Waals surface area contributed by atoms with Gasteiger partial charge < -0.3 is 11.1 Å². The van der Waals surface area contributed by atoms with E-state index < -0.39 is 0 Å². The van der Waals surface area contributed by atoms with Gasteiger partial charge in [-0.3, -0.25) is 10.4 Å². The van der Waals surface area contributed by atoms with Crippen LogP contribution in [0.1, 0.15) is 0 Å². The van der Waals surface area contributed by atoms with Crippen molar-refractivity contribution < 1.29 is 0 Å². The molecule has 0 saturated carbocycles. The third-order valence-electron chi connectivity index (χ3n) is 0.929. The Morgan fingerprint density at radius 1 is 1.88 bits per heavy atom. The molecule has 0 aromatic carbocycles. The van der Waals surface area contributed by atoms with Crippen molar-refractivity contribution in [3.63, 3.8) is 0 Å². The van der Waals surface area contributed by atoms with Gasteiger partial charge in [0.25, 0.3) is 0 Å². The predicted molar refractivity (Wildman–Crippen MR) is 32.2 cm³/mol. The number of rotatable bonds is 1. The number of amidine groups is 2. The smallest absolute Gasteiger partial charge is 0.163 e. The van der Waals surface area contributed by atoms with Gasteiger partial charge in [-0.05, 0) is 0 Å². The quantitative estimate of drug-likeness (QED) is 0.298. The molecule has 1 aliphatic rings. The Kier molecular flexibility index (Phi) is 1.15. The fraction of sp³-hybridized carbons (Fsp3) is 0.500. The highest BCUT2D eigenvalue weighted by molar-refractivity contribution is 6.38. The number of nitrogens with two attached hydrogens (primary N) is 1. The highest BCUT2D eigenvalue weighted by Crippen LogP contribution is 1.81. The highest BCUT2D eigenvalue weighted by Gasteiger charge is 2.05. The molecule has 0 amide bonds. The van der Waals surface area contributed by atoms with Crippen molar-refractivity contribution in [3.05, 3.63) is 0 Å². The normalized spacial score (nSPS) is 17.2. The lowest BCUT2D eigenvalue weighted by Gasteiger charge is -1.94. The van der Waals surface area contributed by atoms with Crippen LogP contribution in [0.2, 0.25) is 0 Å². The van der Waals surface area contributed by atoms with Gasteiger partial charge in [-0.25, -0.2) is 0 Å². The van der Waals surface area contributed by atoms with E-state index in [9.17, 15) is 0 Å². The largest absolute Gasteiger partial charge is 0.381 e. The van der Waals surface area contributed by atoms with Crippen LogP contribution >= 0.6 is 0 Å². The Hall–Kier alpha value is -1.06. The van der Waals surface area contributed by atoms with Crippen LogP contribution in [0.25, 0.3) is 0 Å². The van der Waals surface area contributed by atoms with Crippen molar-refractivity contribution in [2.45, 2.75) is 0 Å². The van der Waals surface area contributed by atoms with E-state index in [-0.39, 0.29) is 5.84 Å². The molecule has 0 aromatic heterocycles. The fourth-order valence-corrected chi connectivity index (χ4v) is 0.578. The molecule has 44 valence electrons. The van der Waals surface area contributed by atoms with Crippen molar-refractivity contribution in [2.24, 2.45) is 10.7 Å². The van der Waals surface area contributed by atoms with E-state index in [4.69, 9.17) is 11.1 Å². The Bertz CT molecular complexity index is 137. The Morgan fingerprint density at radius 2 is 2.62 bits per heavy atom. The number of aliphatic imine (C=N–C) groups is 1. The van der Waals surface area contributed by atoms with Crippen molar-refractivity contribution in [2.75, 3.05) is 13.1 Å². The lowest BCUT2D eigenvalue weighted by molar-refractivity contribution is 0.961. The van der Waals surface area contributed by atoms with E-state index >= 15 is 0 Å². The SMILES string of the molecule is N=C(N)C1=NCCN1. The van der Waals surface area contributed by atoms with Crippen molar-refractivity contribution in [3.8, 4) is 0 Å². The topological polar surface area (TPSA) is 74.3 Å². The summed E-state index contributed by atoms with van der Waals surface area (Å²) in [4.78, 5) is 3.89. The van der Waals surface area contributed by atoms with Gasteiger partial charge >= 0.3 is 0 Å². The summed E-state index contributed by atoms with van der Waals surface area (Å²) in [6, 6.07) is 0. The summed E-state index contributed by atoms with van der Waals surface area (Å²) >= 11 is 0. The van der Waals surface area contributed by atoms with Crippen LogP contribution in [-0.2, 0) is 0 Å². The van der Waals surface area contributed by atoms with Crippen LogP contribution < -0.4 is 11.1 Å². The molecule has 0 radical (unpaired) electrons. The van der Waals surface area contributed by atoms with Gasteiger partial charge in [0.05, 0.1) is 6.54 Å². The molecule has 4 N–H and O–H groups in total. The molecule has 0 aromatic rings. The summed E-state index contributed by atoms with van der Waals surface area (Å²) in [6.07, 6.45) is 0. The zero-order chi connectivity index (χ0) is 5.98. The molecule has 1 aliphatic heterocycles. The van der Waals surface area contributed by atoms with Gasteiger partial charge in [-0.2, -0.15) is 0 Å². The average molecular weight is 112 g/mol. The van der Waals surface area contributed by atoms with Crippen LogP contribution in [0.3, 0.4) is 0 Å². The van der Waals surface area contributed by atoms with Crippen LogP contribution in [0, 0.1) is 5.41 Å². The van der Waals surface area contributed by atoms with Crippen molar-refractivity contribution in [1.29, 1.82) is 5.41 Å². The maximum atomic E-state index is 6.88. The zero-order valence-electron chi connectivity index (χ0n) is 4.44. The number of nitrogens with zero attached hydrogens (tertiary/aromatic N) is 1. The minimum atomic E-state index is 0.0301. The molecular formula is C4H8N4. The molecule has 0 fully saturated rings. The maximum Gasteiger partial charge on any atom is 0.163 e. The highest BCUT2D eigenvalue weighted by atomic mass is 15.1. The van der Waals surface area contributed by atoms with E-state index in [2.05, 4.69) is 10.3 Å². The first-order valence-electron chi connectivity index (χ1n) is 2.43. The maximum absolute atomic E-state index is 6.88. The molecule has 0 atom stereocenters. The van der Waals surface area contributed by atoms with Crippen molar-refractivity contribution >= 4 is 11.7 Å². The van der Waals surface area contributed by atoms with Gasteiger partial charge in [0.1, 0.15) is 0 Å². The summed E-state index contributed by atoms with van der Waals surface area (Å²) in [7, 11) is 0. The molecular weight excluding hydrogens is 104 g/mol. The molecule has 0 unspecified atom stereocenters. The van der Waals surface area contributed by atoms with Crippen LogP contribution in [0.5, 0.6) is 0 Å². The number of hydrogen-bond donors (Lipinski definition) is 3. The van der Waals surface area contributed by atoms with Crippen LogP contribution in [0.15, 0.2) is 4.99 Å². The molecule has 0 spiro atoms. The second-order valence-corrected chi connectivity index (χ2v) is 1.57. The molecule has 1 rings (SSSR count). The second kappa shape index (κ2) is 1.81. The Labute approximate surface area is 47.3 Å². The van der Waals surface area contributed by atoms with Crippen LogP contribution in [0.4, 0.5) is 0 Å². The van der Waals surface area contributed by atoms with Gasteiger partial charge in [-0.1, -0.05) is 0 Å². The third-order valence-corrected chi connectivity index (χ3v) is 0.929. The van der Waals surface area contributed by atoms with Crippen LogP contribution in [-0.4, -0.2) is 24.8 Å². The number of nitrogens with one attached hydrogen (secondary N) is 2. The van der Waals surface area contributed by atoms with Crippen molar-refractivity contribution in [1.82, 2.24) is 5.32 Å². The first-order chi connectivity index (χ1) is 3.80. The van der Waals surface area contributed by atoms with E-state index in [1.807, 2.05) is 0 Å². The molecule has 0 aliphatic carbocycles. The van der Waals surface area contributed by atoms with E-state index in [1.165, 1.54) is 0 Å². The summed E-state index contributed by atoms with van der Waals surface area (Å²) in [5.41, 5.74) is 5.09.